The van der Waals surface area contributed by atoms with Gasteiger partial charge in [0.25, 0.3) is 0 Å². The highest BCUT2D eigenvalue weighted by molar-refractivity contribution is 8.04. The van der Waals surface area contributed by atoms with Gasteiger partial charge in [-0.05, 0) is 18.2 Å². The molecule has 1 amide bonds. The summed E-state index contributed by atoms with van der Waals surface area (Å²) in [4.78, 5) is 29.4. The summed E-state index contributed by atoms with van der Waals surface area (Å²) in [7, 11) is 0. The van der Waals surface area contributed by atoms with Gasteiger partial charge in [-0.1, -0.05) is 6.92 Å². The van der Waals surface area contributed by atoms with Crippen LogP contribution in [-0.2, 0) is 9.59 Å². The number of carboxylic acids is 1. The van der Waals surface area contributed by atoms with Crippen molar-refractivity contribution in [1.29, 1.82) is 0 Å². The van der Waals surface area contributed by atoms with Gasteiger partial charge in [0.2, 0.25) is 5.91 Å². The Balaban J connectivity index is 1.77. The van der Waals surface area contributed by atoms with E-state index >= 15 is 0 Å². The molecule has 2 unspecified atom stereocenters. The van der Waals surface area contributed by atoms with Crippen LogP contribution >= 0.6 is 23.5 Å². The number of aromatic nitrogens is 1. The van der Waals surface area contributed by atoms with Crippen LogP contribution in [0, 0.1) is 0 Å². The third-order valence-corrected chi connectivity index (χ3v) is 6.39. The fraction of sp³-hybridized carbons (Fsp3) is 0.357. The lowest BCUT2D eigenvalue weighted by Gasteiger charge is -2.45. The van der Waals surface area contributed by atoms with Gasteiger partial charge in [0.05, 0.1) is 11.8 Å². The van der Waals surface area contributed by atoms with E-state index in [0.717, 1.165) is 4.90 Å². The lowest BCUT2D eigenvalue weighted by molar-refractivity contribution is -0.146. The summed E-state index contributed by atoms with van der Waals surface area (Å²) in [5.74, 6) is -1.13. The van der Waals surface area contributed by atoms with E-state index in [9.17, 15) is 14.7 Å². The zero-order valence-corrected chi connectivity index (χ0v) is 12.9. The van der Waals surface area contributed by atoms with E-state index in [2.05, 4.69) is 11.9 Å². The van der Waals surface area contributed by atoms with E-state index in [0.29, 0.717) is 6.42 Å². The van der Waals surface area contributed by atoms with Gasteiger partial charge < -0.3 is 5.11 Å². The Kier molecular flexibility index (Phi) is 3.95. The van der Waals surface area contributed by atoms with E-state index in [1.807, 2.05) is 12.1 Å². The molecular formula is C14H14N2O3S2. The van der Waals surface area contributed by atoms with Crippen molar-refractivity contribution in [3.8, 4) is 0 Å². The minimum atomic E-state index is -1.03. The van der Waals surface area contributed by atoms with Gasteiger partial charge in [0.1, 0.15) is 5.70 Å². The van der Waals surface area contributed by atoms with Crippen molar-refractivity contribution in [1.82, 2.24) is 9.88 Å². The molecule has 3 atom stereocenters. The van der Waals surface area contributed by atoms with Crippen molar-refractivity contribution in [2.75, 3.05) is 0 Å². The third-order valence-electron chi connectivity index (χ3n) is 3.46. The van der Waals surface area contributed by atoms with Crippen molar-refractivity contribution in [2.24, 2.45) is 0 Å². The maximum absolute atomic E-state index is 11.5. The molecule has 7 heteroatoms. The second-order valence-corrected chi connectivity index (χ2v) is 7.70. The number of fused-ring (bicyclic) bond motifs is 1. The van der Waals surface area contributed by atoms with E-state index in [1.54, 1.807) is 42.0 Å². The number of carbonyl (C=O) groups is 2. The second-order valence-electron chi connectivity index (χ2n) is 4.89. The van der Waals surface area contributed by atoms with Crippen molar-refractivity contribution in [3.05, 3.63) is 36.3 Å². The summed E-state index contributed by atoms with van der Waals surface area (Å²) in [5, 5.41) is 9.54. The molecule has 0 aromatic carbocycles. The highest BCUT2D eigenvalue weighted by Gasteiger charge is 2.46. The topological polar surface area (TPSA) is 70.5 Å². The number of carboxylic acid groups (broad SMARTS) is 1. The number of rotatable bonds is 4. The average molecular weight is 322 g/mol. The number of pyridine rings is 1. The number of β-lactam (4-membered cyclic amide) rings is 1. The van der Waals surface area contributed by atoms with Crippen LogP contribution in [-0.4, -0.2) is 42.7 Å². The normalized spacial score (nSPS) is 25.7. The molecule has 0 bridgehead atoms. The summed E-state index contributed by atoms with van der Waals surface area (Å²) in [6.07, 6.45) is 5.62. The molecule has 1 N–H and O–H groups in total. The molecule has 1 aromatic rings. The zero-order valence-electron chi connectivity index (χ0n) is 11.3. The van der Waals surface area contributed by atoms with Crippen LogP contribution in [0.15, 0.2) is 41.2 Å². The number of nitrogens with zero attached hydrogens (tertiary/aromatic N) is 2. The zero-order chi connectivity index (χ0) is 15.0. The average Bonchev–Trinajstić information content (AvgIpc) is 2.45. The van der Waals surface area contributed by atoms with Gasteiger partial charge in [0.15, 0.2) is 0 Å². The number of thioether (sulfide) groups is 2. The van der Waals surface area contributed by atoms with E-state index < -0.39 is 5.97 Å². The lowest BCUT2D eigenvalue weighted by Crippen LogP contribution is -2.54. The summed E-state index contributed by atoms with van der Waals surface area (Å²) in [6, 6.07) is 3.88. The van der Waals surface area contributed by atoms with Crippen molar-refractivity contribution in [2.45, 2.75) is 34.1 Å². The van der Waals surface area contributed by atoms with Gasteiger partial charge in [-0.25, -0.2) is 4.79 Å². The molecule has 3 rings (SSSR count). The molecule has 0 radical (unpaired) electrons. The van der Waals surface area contributed by atoms with Crippen LogP contribution in [0.4, 0.5) is 0 Å². The molecule has 1 aromatic heterocycles. The molecule has 2 aliphatic heterocycles. The SMILES string of the molecule is CC(Sc1ccncc1)C1C=C(C(=O)O)N2C(=O)C[C@H]2S1. The number of aliphatic carboxylic acids is 1. The highest BCUT2D eigenvalue weighted by Crippen LogP contribution is 2.44. The second kappa shape index (κ2) is 5.73. The molecule has 2 aliphatic rings. The first kappa shape index (κ1) is 14.5. The van der Waals surface area contributed by atoms with Crippen molar-refractivity contribution < 1.29 is 14.7 Å². The van der Waals surface area contributed by atoms with Crippen LogP contribution < -0.4 is 0 Å². The summed E-state index contributed by atoms with van der Waals surface area (Å²) in [5.41, 5.74) is 0.127. The molecule has 3 heterocycles. The van der Waals surface area contributed by atoms with E-state index in [4.69, 9.17) is 0 Å². The maximum Gasteiger partial charge on any atom is 0.352 e. The van der Waals surface area contributed by atoms with Gasteiger partial charge in [-0.3, -0.25) is 14.7 Å². The quantitative estimate of drug-likeness (QED) is 0.677. The van der Waals surface area contributed by atoms with Crippen molar-refractivity contribution >= 4 is 35.4 Å². The molecule has 1 saturated heterocycles. The number of carbonyl (C=O) groups excluding carboxylic acids is 1. The van der Waals surface area contributed by atoms with E-state index in [1.165, 1.54) is 4.90 Å². The van der Waals surface area contributed by atoms with Gasteiger partial charge in [0, 0.05) is 27.8 Å². The fourth-order valence-electron chi connectivity index (χ4n) is 2.36. The molecule has 0 aliphatic carbocycles. The van der Waals surface area contributed by atoms with Crippen LogP contribution in [0.25, 0.3) is 0 Å². The first-order valence-corrected chi connectivity index (χ1v) is 8.38. The summed E-state index contributed by atoms with van der Waals surface area (Å²) in [6.45, 7) is 2.08. The first-order valence-electron chi connectivity index (χ1n) is 6.55. The first-order chi connectivity index (χ1) is 10.1. The summed E-state index contributed by atoms with van der Waals surface area (Å²) >= 11 is 3.35. The Morgan fingerprint density at radius 1 is 1.52 bits per heavy atom. The largest absolute Gasteiger partial charge is 0.477 e. The number of amides is 1. The number of hydrogen-bond acceptors (Lipinski definition) is 5. The van der Waals surface area contributed by atoms with Gasteiger partial charge >= 0.3 is 5.97 Å². The maximum atomic E-state index is 11.5. The van der Waals surface area contributed by atoms with Crippen molar-refractivity contribution in [3.63, 3.8) is 0 Å². The Labute approximate surface area is 130 Å². The minimum Gasteiger partial charge on any atom is -0.477 e. The van der Waals surface area contributed by atoms with Crippen LogP contribution in [0.2, 0.25) is 0 Å². The Hall–Kier alpha value is -1.47. The molecule has 110 valence electrons. The Morgan fingerprint density at radius 2 is 2.24 bits per heavy atom. The third kappa shape index (κ3) is 2.80. The molecular weight excluding hydrogens is 308 g/mol. The van der Waals surface area contributed by atoms with Crippen LogP contribution in [0.5, 0.6) is 0 Å². The number of hydrogen-bond donors (Lipinski definition) is 1. The van der Waals surface area contributed by atoms with Crippen LogP contribution in [0.1, 0.15) is 13.3 Å². The predicted octanol–water partition coefficient (Wildman–Crippen LogP) is 2.20. The predicted molar refractivity (Wildman–Crippen MR) is 81.9 cm³/mol. The highest BCUT2D eigenvalue weighted by atomic mass is 32.2. The standard InChI is InChI=1S/C14H14N2O3S2/c1-8(20-9-2-4-15-5-3-9)11-6-10(14(18)19)16-12(17)7-13(16)21-11/h2-6,8,11,13H,7H2,1H3,(H,18,19)/t8?,11?,13-/m1/s1. The fourth-order valence-corrected chi connectivity index (χ4v) is 5.02. The monoisotopic (exact) mass is 322 g/mol. The Morgan fingerprint density at radius 3 is 2.86 bits per heavy atom. The van der Waals surface area contributed by atoms with E-state index in [-0.39, 0.29) is 27.5 Å². The molecule has 1 fully saturated rings. The summed E-state index contributed by atoms with van der Waals surface area (Å²) < 4.78 is 0. The molecule has 0 saturated carbocycles. The smallest absolute Gasteiger partial charge is 0.352 e. The van der Waals surface area contributed by atoms with Crippen LogP contribution in [0.3, 0.4) is 0 Å². The lowest BCUT2D eigenvalue weighted by atomic mass is 10.1. The molecule has 5 nitrogen and oxygen atoms in total. The van der Waals surface area contributed by atoms with Gasteiger partial charge in [-0.15, -0.1) is 23.5 Å². The minimum absolute atomic E-state index is 0.0286. The van der Waals surface area contributed by atoms with Gasteiger partial charge in [-0.2, -0.15) is 0 Å². The Bertz CT molecular complexity index is 605. The molecule has 0 spiro atoms. The molecule has 21 heavy (non-hydrogen) atoms.